The minimum atomic E-state index is -0.360. The van der Waals surface area contributed by atoms with Crippen molar-refractivity contribution in [3.05, 3.63) is 34.6 Å². The highest BCUT2D eigenvalue weighted by atomic mass is 35.5. The molecule has 4 heteroatoms. The van der Waals surface area contributed by atoms with E-state index in [-0.39, 0.29) is 16.9 Å². The molecule has 2 N–H and O–H groups in total. The lowest BCUT2D eigenvalue weighted by Crippen LogP contribution is -2.34. The molecule has 1 fully saturated rings. The van der Waals surface area contributed by atoms with Gasteiger partial charge in [0.25, 0.3) is 0 Å². The summed E-state index contributed by atoms with van der Waals surface area (Å²) in [6, 6.07) is 5.12. The van der Waals surface area contributed by atoms with E-state index in [4.69, 9.17) is 17.3 Å². The molecular formula is C15H22ClFN2. The third kappa shape index (κ3) is 3.68. The number of halogens is 2. The van der Waals surface area contributed by atoms with Gasteiger partial charge in [-0.05, 0) is 56.0 Å². The van der Waals surface area contributed by atoms with E-state index in [2.05, 4.69) is 11.8 Å². The summed E-state index contributed by atoms with van der Waals surface area (Å²) in [7, 11) is 0. The molecule has 2 atom stereocenters. The van der Waals surface area contributed by atoms with Crippen molar-refractivity contribution in [2.24, 2.45) is 11.7 Å². The molecule has 19 heavy (non-hydrogen) atoms. The molecule has 1 heterocycles. The molecule has 1 aliphatic rings. The lowest BCUT2D eigenvalue weighted by atomic mass is 10.0. The number of hydrogen-bond donors (Lipinski definition) is 1. The summed E-state index contributed by atoms with van der Waals surface area (Å²) >= 11 is 5.74. The highest BCUT2D eigenvalue weighted by molar-refractivity contribution is 6.30. The summed E-state index contributed by atoms with van der Waals surface area (Å²) in [6.45, 7) is 4.88. The largest absolute Gasteiger partial charge is 0.329 e. The first-order chi connectivity index (χ1) is 9.11. The highest BCUT2D eigenvalue weighted by Gasteiger charge is 2.22. The van der Waals surface area contributed by atoms with Crippen LogP contribution in [-0.4, -0.2) is 24.5 Å². The van der Waals surface area contributed by atoms with Crippen LogP contribution < -0.4 is 5.73 Å². The summed E-state index contributed by atoms with van der Waals surface area (Å²) in [5.41, 5.74) is 6.84. The van der Waals surface area contributed by atoms with Crippen LogP contribution in [0, 0.1) is 11.7 Å². The third-order valence-corrected chi connectivity index (χ3v) is 4.35. The van der Waals surface area contributed by atoms with Crippen molar-refractivity contribution in [2.75, 3.05) is 19.6 Å². The Bertz CT molecular complexity index is 425. The van der Waals surface area contributed by atoms with Crippen LogP contribution in [-0.2, 0) is 0 Å². The van der Waals surface area contributed by atoms with Gasteiger partial charge in [-0.25, -0.2) is 4.39 Å². The molecule has 0 spiro atoms. The van der Waals surface area contributed by atoms with Crippen LogP contribution in [0.25, 0.3) is 0 Å². The van der Waals surface area contributed by atoms with Gasteiger partial charge in [0.2, 0.25) is 0 Å². The van der Waals surface area contributed by atoms with Gasteiger partial charge in [0.05, 0.1) is 5.02 Å². The quantitative estimate of drug-likeness (QED) is 0.919. The van der Waals surface area contributed by atoms with Crippen LogP contribution in [0.1, 0.15) is 37.8 Å². The Balaban J connectivity index is 2.16. The van der Waals surface area contributed by atoms with Gasteiger partial charge in [0.15, 0.2) is 0 Å². The highest BCUT2D eigenvalue weighted by Crippen LogP contribution is 2.27. The van der Waals surface area contributed by atoms with Gasteiger partial charge in [0.1, 0.15) is 5.82 Å². The van der Waals surface area contributed by atoms with E-state index in [0.717, 1.165) is 24.6 Å². The van der Waals surface area contributed by atoms with Gasteiger partial charge in [-0.1, -0.05) is 24.6 Å². The summed E-state index contributed by atoms with van der Waals surface area (Å²) in [6.07, 6.45) is 3.64. The zero-order valence-corrected chi connectivity index (χ0v) is 12.2. The maximum absolute atomic E-state index is 13.6. The average molecular weight is 285 g/mol. The molecule has 2 rings (SSSR count). The van der Waals surface area contributed by atoms with E-state index in [0.29, 0.717) is 6.54 Å². The molecule has 0 radical (unpaired) electrons. The molecule has 0 saturated carbocycles. The Kier molecular flexibility index (Phi) is 5.20. The van der Waals surface area contributed by atoms with Crippen molar-refractivity contribution in [3.8, 4) is 0 Å². The van der Waals surface area contributed by atoms with Crippen LogP contribution in [0.5, 0.6) is 0 Å². The first-order valence-electron chi connectivity index (χ1n) is 7.01. The number of benzene rings is 1. The molecule has 0 bridgehead atoms. The van der Waals surface area contributed by atoms with E-state index in [1.807, 2.05) is 6.07 Å². The standard InChI is InChI=1S/C15H22ClFN2/c1-11-3-2-7-19(8-6-11)15(10-18)12-4-5-13(16)14(17)9-12/h4-5,9,11,15H,2-3,6-8,10,18H2,1H3. The van der Waals surface area contributed by atoms with E-state index >= 15 is 0 Å². The molecule has 1 aromatic carbocycles. The summed E-state index contributed by atoms with van der Waals surface area (Å²) in [4.78, 5) is 2.38. The second-order valence-electron chi connectivity index (χ2n) is 5.50. The van der Waals surface area contributed by atoms with Crippen LogP contribution in [0.2, 0.25) is 5.02 Å². The molecule has 0 amide bonds. The maximum Gasteiger partial charge on any atom is 0.142 e. The van der Waals surface area contributed by atoms with Gasteiger partial charge in [-0.15, -0.1) is 0 Å². The zero-order valence-electron chi connectivity index (χ0n) is 11.4. The number of hydrogen-bond acceptors (Lipinski definition) is 2. The summed E-state index contributed by atoms with van der Waals surface area (Å²) in [5, 5.41) is 0.170. The van der Waals surface area contributed by atoms with Crippen molar-refractivity contribution in [1.82, 2.24) is 4.90 Å². The van der Waals surface area contributed by atoms with Crippen LogP contribution in [0.4, 0.5) is 4.39 Å². The lowest BCUT2D eigenvalue weighted by molar-refractivity contribution is 0.207. The smallest absolute Gasteiger partial charge is 0.142 e. The first-order valence-corrected chi connectivity index (χ1v) is 7.38. The third-order valence-electron chi connectivity index (χ3n) is 4.04. The molecular weight excluding hydrogens is 263 g/mol. The van der Waals surface area contributed by atoms with Crippen molar-refractivity contribution in [2.45, 2.75) is 32.2 Å². The minimum Gasteiger partial charge on any atom is -0.329 e. The second kappa shape index (κ2) is 6.69. The Labute approximate surface area is 119 Å². The average Bonchev–Trinajstić information content (AvgIpc) is 2.60. The van der Waals surface area contributed by atoms with Gasteiger partial charge < -0.3 is 5.73 Å². The van der Waals surface area contributed by atoms with Crippen molar-refractivity contribution in [3.63, 3.8) is 0 Å². The van der Waals surface area contributed by atoms with Gasteiger partial charge >= 0.3 is 0 Å². The Morgan fingerprint density at radius 2 is 2.21 bits per heavy atom. The number of rotatable bonds is 3. The fraction of sp³-hybridized carbons (Fsp3) is 0.600. The predicted molar refractivity (Wildman–Crippen MR) is 77.8 cm³/mol. The molecule has 1 saturated heterocycles. The number of likely N-dealkylation sites (tertiary alicyclic amines) is 1. The fourth-order valence-corrected chi connectivity index (χ4v) is 2.93. The van der Waals surface area contributed by atoms with E-state index in [9.17, 15) is 4.39 Å². The van der Waals surface area contributed by atoms with Crippen LogP contribution in [0.15, 0.2) is 18.2 Å². The molecule has 1 aromatic rings. The molecule has 106 valence electrons. The fourth-order valence-electron chi connectivity index (χ4n) is 2.81. The first kappa shape index (κ1) is 14.8. The van der Waals surface area contributed by atoms with Crippen molar-refractivity contribution >= 4 is 11.6 Å². The predicted octanol–water partition coefficient (Wildman–Crippen LogP) is 3.60. The Morgan fingerprint density at radius 3 is 2.89 bits per heavy atom. The SMILES string of the molecule is CC1CCCN(C(CN)c2ccc(Cl)c(F)c2)CC1. The van der Waals surface area contributed by atoms with Gasteiger partial charge in [-0.2, -0.15) is 0 Å². The summed E-state index contributed by atoms with van der Waals surface area (Å²) in [5.74, 6) is 0.409. The monoisotopic (exact) mass is 284 g/mol. The normalized spacial score (nSPS) is 23.1. The molecule has 2 nitrogen and oxygen atoms in total. The number of nitrogens with zero attached hydrogens (tertiary/aromatic N) is 1. The molecule has 2 unspecified atom stereocenters. The Hall–Kier alpha value is -0.640. The van der Waals surface area contributed by atoms with Crippen molar-refractivity contribution in [1.29, 1.82) is 0 Å². The van der Waals surface area contributed by atoms with Crippen molar-refractivity contribution < 1.29 is 4.39 Å². The lowest BCUT2D eigenvalue weighted by Gasteiger charge is -2.30. The van der Waals surface area contributed by atoms with Gasteiger partial charge in [-0.3, -0.25) is 4.90 Å². The topological polar surface area (TPSA) is 29.3 Å². The minimum absolute atomic E-state index is 0.0945. The molecule has 0 aromatic heterocycles. The second-order valence-corrected chi connectivity index (χ2v) is 5.90. The van der Waals surface area contributed by atoms with E-state index < -0.39 is 0 Å². The molecule has 0 aliphatic carbocycles. The van der Waals surface area contributed by atoms with Gasteiger partial charge in [0, 0.05) is 12.6 Å². The summed E-state index contributed by atoms with van der Waals surface area (Å²) < 4.78 is 13.6. The Morgan fingerprint density at radius 1 is 1.42 bits per heavy atom. The van der Waals surface area contributed by atoms with E-state index in [1.165, 1.54) is 25.3 Å². The van der Waals surface area contributed by atoms with Crippen LogP contribution in [0.3, 0.4) is 0 Å². The zero-order chi connectivity index (χ0) is 13.8. The number of nitrogens with two attached hydrogens (primary N) is 1. The molecule has 1 aliphatic heterocycles. The maximum atomic E-state index is 13.6. The van der Waals surface area contributed by atoms with Crippen LogP contribution >= 0.6 is 11.6 Å². The van der Waals surface area contributed by atoms with E-state index in [1.54, 1.807) is 6.07 Å².